The number of carbonyl (C=O) groups excluding carboxylic acids is 1. The predicted molar refractivity (Wildman–Crippen MR) is 73.8 cm³/mol. The summed E-state index contributed by atoms with van der Waals surface area (Å²) in [4.78, 5) is 10.3. The average Bonchev–Trinajstić information content (AvgIpc) is 2.21. The highest BCUT2D eigenvalue weighted by atomic mass is 32.2. The number of phenolic OH excluding ortho intramolecular Hbond substituents is 1. The number of hydrogen-bond acceptors (Lipinski definition) is 3. The summed E-state index contributed by atoms with van der Waals surface area (Å²) in [7, 11) is 0. The minimum atomic E-state index is -0.0693. The van der Waals surface area contributed by atoms with Gasteiger partial charge in [0.2, 0.25) is 0 Å². The van der Waals surface area contributed by atoms with E-state index in [9.17, 15) is 9.90 Å². The van der Waals surface area contributed by atoms with Crippen molar-refractivity contribution >= 4 is 18.0 Å². The molecule has 2 nitrogen and oxygen atoms in total. The van der Waals surface area contributed by atoms with Crippen molar-refractivity contribution in [2.45, 2.75) is 38.9 Å². The Morgan fingerprint density at radius 1 is 1.35 bits per heavy atom. The fraction of sp³-hybridized carbons (Fsp3) is 0.500. The Morgan fingerprint density at radius 3 is 2.53 bits per heavy atom. The first-order valence-corrected chi connectivity index (χ1v) is 6.86. The Hall–Kier alpha value is -0.960. The Balaban J connectivity index is 3.02. The Bertz CT molecular complexity index is 405. The van der Waals surface area contributed by atoms with Crippen LogP contribution in [0.15, 0.2) is 12.1 Å². The lowest BCUT2D eigenvalue weighted by Crippen LogP contribution is -2.12. The van der Waals surface area contributed by atoms with Gasteiger partial charge in [0.05, 0.1) is 0 Å². The van der Waals surface area contributed by atoms with Crippen LogP contribution >= 0.6 is 11.8 Å². The van der Waals surface area contributed by atoms with Gasteiger partial charge in [0, 0.05) is 11.5 Å². The van der Waals surface area contributed by atoms with Crippen molar-refractivity contribution in [1.29, 1.82) is 0 Å². The number of hydrogen-bond donors (Lipinski definition) is 1. The summed E-state index contributed by atoms with van der Waals surface area (Å²) in [5, 5.41) is 10.1. The quantitative estimate of drug-likeness (QED) is 0.659. The minimum Gasteiger partial charge on any atom is -0.507 e. The summed E-state index contributed by atoms with van der Waals surface area (Å²) >= 11 is 1.59. The van der Waals surface area contributed by atoms with Gasteiger partial charge in [-0.05, 0) is 29.0 Å². The van der Waals surface area contributed by atoms with Gasteiger partial charge < -0.3 is 9.90 Å². The summed E-state index contributed by atoms with van der Waals surface area (Å²) in [6.07, 6.45) is 0.919. The third-order valence-electron chi connectivity index (χ3n) is 2.62. The predicted octanol–water partition coefficient (Wildman–Crippen LogP) is 3.43. The SMILES string of the molecule is Cc1cc(CSCC=O)cc(C(C)(C)C)c1O. The summed E-state index contributed by atoms with van der Waals surface area (Å²) in [6, 6.07) is 4.03. The van der Waals surface area contributed by atoms with E-state index in [1.807, 2.05) is 19.1 Å². The van der Waals surface area contributed by atoms with Crippen molar-refractivity contribution in [3.05, 3.63) is 28.8 Å². The number of aromatic hydroxyl groups is 1. The monoisotopic (exact) mass is 252 g/mol. The largest absolute Gasteiger partial charge is 0.507 e. The first kappa shape index (κ1) is 14.1. The minimum absolute atomic E-state index is 0.0693. The van der Waals surface area contributed by atoms with Crippen molar-refractivity contribution in [3.63, 3.8) is 0 Å². The van der Waals surface area contributed by atoms with Gasteiger partial charge >= 0.3 is 0 Å². The fourth-order valence-corrected chi connectivity index (χ4v) is 2.35. The summed E-state index contributed by atoms with van der Waals surface area (Å²) in [6.45, 7) is 8.18. The number of benzene rings is 1. The van der Waals surface area contributed by atoms with Crippen LogP contribution in [0.4, 0.5) is 0 Å². The van der Waals surface area contributed by atoms with Gasteiger partial charge in [0.1, 0.15) is 12.0 Å². The molecule has 0 atom stereocenters. The smallest absolute Gasteiger partial charge is 0.129 e. The van der Waals surface area contributed by atoms with Crippen LogP contribution in [0.5, 0.6) is 5.75 Å². The van der Waals surface area contributed by atoms with Gasteiger partial charge in [-0.1, -0.05) is 32.9 Å². The molecule has 0 aliphatic carbocycles. The fourth-order valence-electron chi connectivity index (χ4n) is 1.73. The summed E-state index contributed by atoms with van der Waals surface area (Å²) in [5.41, 5.74) is 2.97. The lowest BCUT2D eigenvalue weighted by Gasteiger charge is -2.22. The number of aldehydes is 1. The van der Waals surface area contributed by atoms with Gasteiger partial charge in [0.25, 0.3) is 0 Å². The standard InChI is InChI=1S/C14H20O2S/c1-10-7-11(9-17-6-5-15)8-12(13(10)16)14(2,3)4/h5,7-8,16H,6,9H2,1-4H3. The first-order valence-electron chi connectivity index (χ1n) is 5.70. The molecular weight excluding hydrogens is 232 g/mol. The second-order valence-electron chi connectivity index (χ2n) is 5.24. The van der Waals surface area contributed by atoms with E-state index in [4.69, 9.17) is 0 Å². The number of phenols is 1. The Labute approximate surface area is 107 Å². The van der Waals surface area contributed by atoms with Crippen molar-refractivity contribution in [2.24, 2.45) is 0 Å². The van der Waals surface area contributed by atoms with Crippen LogP contribution in [-0.2, 0) is 16.0 Å². The number of thioether (sulfide) groups is 1. The number of rotatable bonds is 4. The maximum atomic E-state index is 10.3. The Kier molecular flexibility index (Phi) is 4.63. The number of aryl methyl sites for hydroxylation is 1. The second kappa shape index (κ2) is 5.58. The molecule has 0 aromatic heterocycles. The normalized spacial score (nSPS) is 11.5. The van der Waals surface area contributed by atoms with Crippen LogP contribution in [0.1, 0.15) is 37.5 Å². The van der Waals surface area contributed by atoms with Crippen molar-refractivity contribution in [3.8, 4) is 5.75 Å². The van der Waals surface area contributed by atoms with E-state index in [0.29, 0.717) is 11.5 Å². The highest BCUT2D eigenvalue weighted by Crippen LogP contribution is 2.34. The van der Waals surface area contributed by atoms with Crippen LogP contribution in [0.25, 0.3) is 0 Å². The van der Waals surface area contributed by atoms with Crippen LogP contribution in [-0.4, -0.2) is 17.1 Å². The van der Waals surface area contributed by atoms with Crippen molar-refractivity contribution in [2.75, 3.05) is 5.75 Å². The highest BCUT2D eigenvalue weighted by molar-refractivity contribution is 7.99. The van der Waals surface area contributed by atoms with E-state index in [2.05, 4.69) is 20.8 Å². The molecule has 0 aliphatic rings. The van der Waals surface area contributed by atoms with Crippen LogP contribution in [0, 0.1) is 6.92 Å². The van der Waals surface area contributed by atoms with Crippen molar-refractivity contribution in [1.82, 2.24) is 0 Å². The third kappa shape index (κ3) is 3.77. The molecule has 0 heterocycles. The molecular formula is C14H20O2S. The summed E-state index contributed by atoms with van der Waals surface area (Å²) < 4.78 is 0. The van der Waals surface area contributed by atoms with E-state index in [0.717, 1.165) is 28.7 Å². The molecule has 0 saturated carbocycles. The lowest BCUT2D eigenvalue weighted by atomic mass is 9.84. The van der Waals surface area contributed by atoms with E-state index < -0.39 is 0 Å². The van der Waals surface area contributed by atoms with Crippen LogP contribution in [0.2, 0.25) is 0 Å². The zero-order valence-electron chi connectivity index (χ0n) is 10.9. The third-order valence-corrected chi connectivity index (χ3v) is 3.53. The molecule has 0 unspecified atom stereocenters. The van der Waals surface area contributed by atoms with E-state index in [1.54, 1.807) is 11.8 Å². The Morgan fingerprint density at radius 2 is 2.00 bits per heavy atom. The molecule has 0 amide bonds. The molecule has 0 fully saturated rings. The molecule has 0 radical (unpaired) electrons. The number of carbonyl (C=O) groups is 1. The molecule has 17 heavy (non-hydrogen) atoms. The second-order valence-corrected chi connectivity index (χ2v) is 6.27. The van der Waals surface area contributed by atoms with E-state index in [1.165, 1.54) is 0 Å². The molecule has 0 bridgehead atoms. The van der Waals surface area contributed by atoms with E-state index in [-0.39, 0.29) is 5.41 Å². The molecule has 94 valence electrons. The lowest BCUT2D eigenvalue weighted by molar-refractivity contribution is -0.105. The summed E-state index contributed by atoms with van der Waals surface area (Å²) in [5.74, 6) is 1.72. The molecule has 0 saturated heterocycles. The van der Waals surface area contributed by atoms with Crippen LogP contribution in [0.3, 0.4) is 0 Å². The molecule has 0 aliphatic heterocycles. The van der Waals surface area contributed by atoms with Crippen LogP contribution < -0.4 is 0 Å². The first-order chi connectivity index (χ1) is 7.86. The topological polar surface area (TPSA) is 37.3 Å². The van der Waals surface area contributed by atoms with Gasteiger partial charge in [-0.15, -0.1) is 11.8 Å². The molecule has 0 spiro atoms. The molecule has 3 heteroatoms. The molecule has 1 rings (SSSR count). The van der Waals surface area contributed by atoms with Gasteiger partial charge in [-0.25, -0.2) is 0 Å². The van der Waals surface area contributed by atoms with Gasteiger partial charge in [0.15, 0.2) is 0 Å². The zero-order valence-corrected chi connectivity index (χ0v) is 11.7. The van der Waals surface area contributed by atoms with Gasteiger partial charge in [-0.2, -0.15) is 0 Å². The van der Waals surface area contributed by atoms with Gasteiger partial charge in [-0.3, -0.25) is 0 Å². The molecule has 1 N–H and O–H groups in total. The average molecular weight is 252 g/mol. The zero-order chi connectivity index (χ0) is 13.1. The molecule has 1 aromatic carbocycles. The van der Waals surface area contributed by atoms with Crippen molar-refractivity contribution < 1.29 is 9.90 Å². The molecule has 1 aromatic rings. The van der Waals surface area contributed by atoms with E-state index >= 15 is 0 Å². The highest BCUT2D eigenvalue weighted by Gasteiger charge is 2.19. The maximum absolute atomic E-state index is 10.3. The maximum Gasteiger partial charge on any atom is 0.129 e.